The van der Waals surface area contributed by atoms with E-state index in [9.17, 15) is 4.79 Å². The minimum absolute atomic E-state index is 0.0651. The second-order valence-corrected chi connectivity index (χ2v) is 10.8. The number of carbonyl (C=O) groups excluding carboxylic acids is 1. The molecule has 1 amide bonds. The molecule has 1 heterocycles. The van der Waals surface area contributed by atoms with Gasteiger partial charge in [-0.1, -0.05) is 48.5 Å². The second kappa shape index (κ2) is 14.5. The molecule has 1 aromatic heterocycles. The fraction of sp³-hybridized carbons (Fsp3) is 0.312. The number of amides is 1. The number of nitrogens with one attached hydrogen (secondary N) is 1. The average molecular weight is 560 g/mol. The van der Waals surface area contributed by atoms with Crippen LogP contribution in [0.3, 0.4) is 0 Å². The molecule has 0 atom stereocenters. The number of hydrogen-bond acceptors (Lipinski definition) is 7. The molecule has 0 aliphatic rings. The molecule has 3 aromatic carbocycles. The molecule has 0 aliphatic heterocycles. The average Bonchev–Trinajstić information content (AvgIpc) is 3.44. The van der Waals surface area contributed by atoms with Crippen LogP contribution in [0.5, 0.6) is 17.2 Å². The van der Waals surface area contributed by atoms with Crippen LogP contribution in [0.25, 0.3) is 0 Å². The van der Waals surface area contributed by atoms with E-state index in [0.29, 0.717) is 24.6 Å². The largest absolute Gasteiger partial charge is 0.493 e. The van der Waals surface area contributed by atoms with Crippen molar-refractivity contribution in [1.29, 1.82) is 0 Å². The summed E-state index contributed by atoms with van der Waals surface area (Å²) in [6.45, 7) is 6.60. The Balaban J connectivity index is 1.44. The Morgan fingerprint density at radius 2 is 1.62 bits per heavy atom. The maximum absolute atomic E-state index is 12.4. The van der Waals surface area contributed by atoms with Gasteiger partial charge in [-0.15, -0.1) is 11.3 Å². The smallest absolute Gasteiger partial charge is 0.270 e. The van der Waals surface area contributed by atoms with E-state index in [1.54, 1.807) is 14.2 Å². The van der Waals surface area contributed by atoms with Crippen LogP contribution in [0.4, 0.5) is 0 Å². The highest BCUT2D eigenvalue weighted by Gasteiger charge is 2.15. The highest BCUT2D eigenvalue weighted by molar-refractivity contribution is 7.09. The Morgan fingerprint density at radius 1 is 0.900 bits per heavy atom. The lowest BCUT2D eigenvalue weighted by Gasteiger charge is -2.22. The maximum atomic E-state index is 12.4. The quantitative estimate of drug-likeness (QED) is 0.201. The first-order valence-electron chi connectivity index (χ1n) is 13.4. The van der Waals surface area contributed by atoms with Crippen LogP contribution in [0.1, 0.15) is 46.0 Å². The van der Waals surface area contributed by atoms with Gasteiger partial charge in [0, 0.05) is 24.5 Å². The van der Waals surface area contributed by atoms with Crippen LogP contribution in [0.15, 0.2) is 78.2 Å². The van der Waals surface area contributed by atoms with Gasteiger partial charge >= 0.3 is 0 Å². The summed E-state index contributed by atoms with van der Waals surface area (Å²) in [6.07, 6.45) is 0.824. The van der Waals surface area contributed by atoms with Crippen molar-refractivity contribution in [3.63, 3.8) is 0 Å². The zero-order valence-corrected chi connectivity index (χ0v) is 24.4. The first-order chi connectivity index (χ1) is 19.4. The summed E-state index contributed by atoms with van der Waals surface area (Å²) >= 11 is 1.51. The molecule has 4 rings (SSSR count). The van der Waals surface area contributed by atoms with Crippen molar-refractivity contribution in [1.82, 2.24) is 15.2 Å². The van der Waals surface area contributed by atoms with E-state index >= 15 is 0 Å². The van der Waals surface area contributed by atoms with Crippen molar-refractivity contribution >= 4 is 17.2 Å². The fourth-order valence-corrected chi connectivity index (χ4v) is 5.06. The molecule has 0 bridgehead atoms. The summed E-state index contributed by atoms with van der Waals surface area (Å²) in [5, 5.41) is 5.65. The van der Waals surface area contributed by atoms with E-state index in [-0.39, 0.29) is 11.9 Å². The Morgan fingerprint density at radius 3 is 2.33 bits per heavy atom. The molecular weight excluding hydrogens is 522 g/mol. The number of carbonyl (C=O) groups is 1. The van der Waals surface area contributed by atoms with E-state index in [2.05, 4.69) is 45.5 Å². The second-order valence-electron chi connectivity index (χ2n) is 9.82. The Hall–Kier alpha value is -3.88. The molecule has 0 aliphatic carbocycles. The number of hydrogen-bond donors (Lipinski definition) is 1. The third-order valence-electron chi connectivity index (χ3n) is 6.31. The molecule has 0 saturated heterocycles. The number of benzene rings is 3. The van der Waals surface area contributed by atoms with Crippen LogP contribution in [0, 0.1) is 0 Å². The summed E-state index contributed by atoms with van der Waals surface area (Å²) in [7, 11) is 3.29. The molecule has 0 radical (unpaired) electrons. The minimum atomic E-state index is -0.138. The van der Waals surface area contributed by atoms with Gasteiger partial charge in [0.05, 0.1) is 20.8 Å². The lowest BCUT2D eigenvalue weighted by molar-refractivity contribution is 0.0938. The van der Waals surface area contributed by atoms with Crippen LogP contribution in [-0.4, -0.2) is 42.6 Å². The minimum Gasteiger partial charge on any atom is -0.493 e. The third-order valence-corrected chi connectivity index (χ3v) is 7.14. The summed E-state index contributed by atoms with van der Waals surface area (Å²) in [4.78, 5) is 19.4. The number of nitrogens with zero attached hydrogens (tertiary/aromatic N) is 2. The van der Waals surface area contributed by atoms with E-state index < -0.39 is 0 Å². The van der Waals surface area contributed by atoms with Crippen molar-refractivity contribution in [2.24, 2.45) is 0 Å². The lowest BCUT2D eigenvalue weighted by Crippen LogP contribution is -2.30. The SMILES string of the molecule is COc1ccc(CCN(Cc2ccc(OCc3ccccc3)cc2)Cc2nc(C(=O)NC(C)C)cs2)cc1OC. The molecule has 1 N–H and O–H groups in total. The summed E-state index contributed by atoms with van der Waals surface area (Å²) in [5.41, 5.74) is 3.93. The van der Waals surface area contributed by atoms with Crippen LogP contribution in [0.2, 0.25) is 0 Å². The van der Waals surface area contributed by atoms with Crippen LogP contribution in [-0.2, 0) is 26.1 Å². The predicted octanol–water partition coefficient (Wildman–Crippen LogP) is 6.12. The van der Waals surface area contributed by atoms with Crippen LogP contribution < -0.4 is 19.5 Å². The molecule has 0 saturated carbocycles. The van der Waals surface area contributed by atoms with E-state index in [0.717, 1.165) is 47.1 Å². The number of methoxy groups -OCH3 is 2. The van der Waals surface area contributed by atoms with E-state index in [4.69, 9.17) is 14.2 Å². The van der Waals surface area contributed by atoms with Gasteiger partial charge in [0.25, 0.3) is 5.91 Å². The van der Waals surface area contributed by atoms with Gasteiger partial charge in [0.15, 0.2) is 11.5 Å². The van der Waals surface area contributed by atoms with Gasteiger partial charge < -0.3 is 19.5 Å². The van der Waals surface area contributed by atoms with Crippen LogP contribution >= 0.6 is 11.3 Å². The summed E-state index contributed by atoms with van der Waals surface area (Å²) in [5.74, 6) is 2.14. The molecule has 0 fully saturated rings. The molecule has 40 heavy (non-hydrogen) atoms. The van der Waals surface area contributed by atoms with Crippen molar-refractivity contribution in [3.05, 3.63) is 106 Å². The molecule has 210 valence electrons. The summed E-state index contributed by atoms with van der Waals surface area (Å²) < 4.78 is 16.8. The molecule has 0 spiro atoms. The van der Waals surface area contributed by atoms with E-state index in [1.807, 2.05) is 61.7 Å². The van der Waals surface area contributed by atoms with Gasteiger partial charge in [-0.3, -0.25) is 9.69 Å². The fourth-order valence-electron chi connectivity index (χ4n) is 4.24. The van der Waals surface area contributed by atoms with Crippen molar-refractivity contribution in [2.45, 2.75) is 46.0 Å². The van der Waals surface area contributed by atoms with Gasteiger partial charge in [-0.05, 0) is 61.2 Å². The zero-order chi connectivity index (χ0) is 28.3. The lowest BCUT2D eigenvalue weighted by atomic mass is 10.1. The molecule has 8 heteroatoms. The van der Waals surface area contributed by atoms with Crippen molar-refractivity contribution in [3.8, 4) is 17.2 Å². The predicted molar refractivity (Wildman–Crippen MR) is 159 cm³/mol. The first kappa shape index (κ1) is 29.1. The van der Waals surface area contributed by atoms with E-state index in [1.165, 1.54) is 16.9 Å². The number of aromatic nitrogens is 1. The Bertz CT molecular complexity index is 1360. The van der Waals surface area contributed by atoms with Crippen molar-refractivity contribution < 1.29 is 19.0 Å². The van der Waals surface area contributed by atoms with Gasteiger partial charge in [0.1, 0.15) is 23.1 Å². The summed E-state index contributed by atoms with van der Waals surface area (Å²) in [6, 6.07) is 24.5. The Kier molecular flexibility index (Phi) is 10.5. The normalized spacial score (nSPS) is 11.1. The standard InChI is InChI=1S/C32H37N3O4S/c1-23(2)33-32(36)28-22-40-31(34-28)20-35(17-16-24-12-15-29(37-3)30(18-24)38-4)19-25-10-13-27(14-11-25)39-21-26-8-6-5-7-9-26/h5-15,18,22-23H,16-17,19-21H2,1-4H3,(H,33,36). The molecule has 7 nitrogen and oxygen atoms in total. The van der Waals surface area contributed by atoms with Gasteiger partial charge in [0.2, 0.25) is 0 Å². The monoisotopic (exact) mass is 559 g/mol. The highest BCUT2D eigenvalue weighted by Crippen LogP contribution is 2.28. The number of thiazole rings is 1. The van der Waals surface area contributed by atoms with Crippen molar-refractivity contribution in [2.75, 3.05) is 20.8 Å². The molecule has 0 unspecified atom stereocenters. The van der Waals surface area contributed by atoms with Gasteiger partial charge in [-0.25, -0.2) is 4.98 Å². The first-order valence-corrected chi connectivity index (χ1v) is 14.3. The Labute approximate surface area is 240 Å². The molecular formula is C32H37N3O4S. The highest BCUT2D eigenvalue weighted by atomic mass is 32.1. The maximum Gasteiger partial charge on any atom is 0.270 e. The number of ether oxygens (including phenoxy) is 3. The topological polar surface area (TPSA) is 72.9 Å². The molecule has 4 aromatic rings. The van der Waals surface area contributed by atoms with Gasteiger partial charge in [-0.2, -0.15) is 0 Å². The zero-order valence-electron chi connectivity index (χ0n) is 23.6. The third kappa shape index (κ3) is 8.56. The number of rotatable bonds is 14.